The van der Waals surface area contributed by atoms with Crippen molar-refractivity contribution in [2.24, 2.45) is 0 Å². The second-order valence-electron chi connectivity index (χ2n) is 12.1. The van der Waals surface area contributed by atoms with Crippen LogP contribution < -0.4 is 11.0 Å². The van der Waals surface area contributed by atoms with E-state index in [2.05, 4.69) is 47.5 Å². The molecule has 2 unspecified atom stereocenters. The molecule has 2 fully saturated rings. The number of ether oxygens (including phenoxy) is 1. The SMILES string of the molecule is [C-]#[N+]CCOP(O[C@H]1[C@@H]2C(n3cc(C)c(NC(=O)c4ccccc4)nc3=O)O[C@@]1(CC)CN2C(=O)N(C)C)N(C(C)C)C(C)C. The van der Waals surface area contributed by atoms with Crippen molar-refractivity contribution in [1.29, 1.82) is 0 Å². The third-order valence-electron chi connectivity index (χ3n) is 8.03. The van der Waals surface area contributed by atoms with Crippen molar-refractivity contribution in [3.05, 3.63) is 69.6 Å². The summed E-state index contributed by atoms with van der Waals surface area (Å²) in [5.41, 5.74) is -0.577. The number of aromatic nitrogens is 2. The quantitative estimate of drug-likeness (QED) is 0.204. The van der Waals surface area contributed by atoms with Crippen molar-refractivity contribution in [1.82, 2.24) is 24.0 Å². The van der Waals surface area contributed by atoms with Gasteiger partial charge in [-0.3, -0.25) is 9.36 Å². The molecule has 2 saturated heterocycles. The van der Waals surface area contributed by atoms with Gasteiger partial charge in [-0.1, -0.05) is 25.1 Å². The van der Waals surface area contributed by atoms with Gasteiger partial charge < -0.3 is 33.7 Å². The molecule has 5 atom stereocenters. The van der Waals surface area contributed by atoms with Crippen LogP contribution in [0.2, 0.25) is 0 Å². The monoisotopic (exact) mass is 641 g/mol. The summed E-state index contributed by atoms with van der Waals surface area (Å²) in [7, 11) is 1.70. The Morgan fingerprint density at radius 1 is 1.22 bits per heavy atom. The molecule has 3 amide bonds. The summed E-state index contributed by atoms with van der Waals surface area (Å²) in [6.45, 7) is 19.8. The highest BCUT2D eigenvalue weighted by Crippen LogP contribution is 2.56. The van der Waals surface area contributed by atoms with Crippen LogP contribution in [-0.4, -0.2) is 99.6 Å². The predicted octanol–water partition coefficient (Wildman–Crippen LogP) is 4.51. The molecule has 4 rings (SSSR count). The Balaban J connectivity index is 1.73. The lowest BCUT2D eigenvalue weighted by Crippen LogP contribution is -2.52. The van der Waals surface area contributed by atoms with Crippen LogP contribution in [0.25, 0.3) is 4.85 Å². The van der Waals surface area contributed by atoms with Crippen LogP contribution in [0.3, 0.4) is 0 Å². The van der Waals surface area contributed by atoms with E-state index in [0.717, 1.165) is 0 Å². The molecule has 1 N–H and O–H groups in total. The average Bonchev–Trinajstić information content (AvgIpc) is 3.47. The Labute approximate surface area is 266 Å². The minimum absolute atomic E-state index is 0.0741. The number of amides is 3. The van der Waals surface area contributed by atoms with E-state index in [-0.39, 0.29) is 49.5 Å². The number of hydrogen-bond acceptors (Lipinski definition) is 8. The van der Waals surface area contributed by atoms with Gasteiger partial charge in [-0.2, -0.15) is 4.98 Å². The minimum atomic E-state index is -1.66. The van der Waals surface area contributed by atoms with Gasteiger partial charge in [0.2, 0.25) is 6.54 Å². The first-order valence-corrected chi connectivity index (χ1v) is 16.3. The molecule has 45 heavy (non-hydrogen) atoms. The number of carbonyl (C=O) groups is 2. The Morgan fingerprint density at radius 2 is 1.89 bits per heavy atom. The van der Waals surface area contributed by atoms with Crippen LogP contribution in [0, 0.1) is 13.5 Å². The predicted molar refractivity (Wildman–Crippen MR) is 172 cm³/mol. The van der Waals surface area contributed by atoms with E-state index >= 15 is 0 Å². The second kappa shape index (κ2) is 14.4. The van der Waals surface area contributed by atoms with Crippen molar-refractivity contribution >= 4 is 26.3 Å². The highest BCUT2D eigenvalue weighted by atomic mass is 31.2. The van der Waals surface area contributed by atoms with E-state index in [1.165, 1.54) is 9.47 Å². The Bertz CT molecular complexity index is 1450. The van der Waals surface area contributed by atoms with Gasteiger partial charge in [0.25, 0.3) is 14.4 Å². The fraction of sp³-hybridized carbons (Fsp3) is 0.581. The summed E-state index contributed by atoms with van der Waals surface area (Å²) >= 11 is 0. The zero-order chi connectivity index (χ0) is 33.1. The topological polar surface area (TPSA) is 123 Å². The van der Waals surface area contributed by atoms with E-state index in [4.69, 9.17) is 20.4 Å². The van der Waals surface area contributed by atoms with Crippen molar-refractivity contribution in [3.63, 3.8) is 0 Å². The summed E-state index contributed by atoms with van der Waals surface area (Å²) < 4.78 is 23.3. The number of hydrogen-bond donors (Lipinski definition) is 1. The van der Waals surface area contributed by atoms with Gasteiger partial charge >= 0.3 is 11.7 Å². The summed E-state index contributed by atoms with van der Waals surface area (Å²) in [4.78, 5) is 50.8. The number of rotatable bonds is 12. The normalized spacial score (nSPS) is 23.1. The fourth-order valence-electron chi connectivity index (χ4n) is 5.94. The lowest BCUT2D eigenvalue weighted by Gasteiger charge is -2.38. The van der Waals surface area contributed by atoms with Crippen molar-refractivity contribution in [2.75, 3.05) is 39.1 Å². The van der Waals surface area contributed by atoms with Crippen LogP contribution in [0.1, 0.15) is 63.2 Å². The smallest absolute Gasteiger partial charge is 0.344 e. The molecule has 14 heteroatoms. The zero-order valence-electron chi connectivity index (χ0n) is 27.3. The number of carbonyl (C=O) groups excluding carboxylic acids is 2. The highest BCUT2D eigenvalue weighted by molar-refractivity contribution is 7.44. The molecule has 2 aliphatic rings. The first-order chi connectivity index (χ1) is 21.3. The van der Waals surface area contributed by atoms with E-state index < -0.39 is 38.2 Å². The standard InChI is InChI=1S/C31H44N7O6P/c1-10-31-19-37(30(41)35(8)9)24(25(31)44-45(42-17-16-32-7)38(20(2)3)21(4)5)28(43-31)36-18-22(6)26(34-29(36)40)33-27(39)23-14-12-11-13-15-23/h11-15,18,20-21,24-25,28H,10,16-17,19H2,1-6,8-9H3,(H,33,34,39,40)/t24-,25+,28?,31+,45?/m1/s1. The van der Waals surface area contributed by atoms with Crippen LogP contribution >= 0.6 is 8.53 Å². The van der Waals surface area contributed by atoms with Gasteiger partial charge in [-0.25, -0.2) is 20.8 Å². The molecule has 0 aliphatic carbocycles. The highest BCUT2D eigenvalue weighted by Gasteiger charge is 2.66. The van der Waals surface area contributed by atoms with Crippen molar-refractivity contribution in [2.45, 2.75) is 84.0 Å². The summed E-state index contributed by atoms with van der Waals surface area (Å²) in [5.74, 6) is -0.235. The number of morpholine rings is 1. The second-order valence-corrected chi connectivity index (χ2v) is 13.5. The largest absolute Gasteiger partial charge is 0.351 e. The first kappa shape index (κ1) is 34.5. The van der Waals surface area contributed by atoms with Gasteiger partial charge in [-0.05, 0) is 53.2 Å². The molecule has 13 nitrogen and oxygen atoms in total. The maximum atomic E-state index is 13.6. The number of anilines is 1. The molecule has 1 aromatic heterocycles. The number of urea groups is 1. The number of nitrogens with one attached hydrogen (secondary N) is 1. The molecule has 0 spiro atoms. The van der Waals surface area contributed by atoms with E-state index in [0.29, 0.717) is 17.5 Å². The number of benzene rings is 1. The van der Waals surface area contributed by atoms with Gasteiger partial charge in [0, 0.05) is 43.5 Å². The van der Waals surface area contributed by atoms with Gasteiger partial charge in [-0.15, -0.1) is 0 Å². The Kier molecular flexibility index (Phi) is 11.0. The molecule has 0 radical (unpaired) electrons. The third-order valence-corrected chi connectivity index (χ3v) is 10.1. The molecular formula is C31H44N7O6P. The van der Waals surface area contributed by atoms with Crippen LogP contribution in [-0.2, 0) is 13.8 Å². The summed E-state index contributed by atoms with van der Waals surface area (Å²) in [5, 5.41) is 2.73. The lowest BCUT2D eigenvalue weighted by molar-refractivity contribution is -0.130. The van der Waals surface area contributed by atoms with Gasteiger partial charge in [0.1, 0.15) is 30.2 Å². The minimum Gasteiger partial charge on any atom is -0.344 e. The van der Waals surface area contributed by atoms with Crippen LogP contribution in [0.5, 0.6) is 0 Å². The van der Waals surface area contributed by atoms with Crippen molar-refractivity contribution < 1.29 is 23.4 Å². The van der Waals surface area contributed by atoms with E-state index in [9.17, 15) is 14.4 Å². The number of aryl methyl sites for hydroxylation is 1. The maximum Gasteiger partial charge on any atom is 0.351 e. The van der Waals surface area contributed by atoms with Gasteiger partial charge in [0.05, 0.1) is 6.54 Å². The average molecular weight is 642 g/mol. The Morgan fingerprint density at radius 3 is 2.47 bits per heavy atom. The van der Waals surface area contributed by atoms with Crippen LogP contribution in [0.4, 0.5) is 10.6 Å². The molecule has 1 aromatic carbocycles. The lowest BCUT2D eigenvalue weighted by atomic mass is 9.96. The van der Waals surface area contributed by atoms with E-state index in [1.807, 2.05) is 13.0 Å². The molecule has 244 valence electrons. The first-order valence-electron chi connectivity index (χ1n) is 15.2. The third kappa shape index (κ3) is 7.05. The van der Waals surface area contributed by atoms with Crippen molar-refractivity contribution in [3.8, 4) is 0 Å². The number of fused-ring (bicyclic) bond motifs is 2. The zero-order valence-corrected chi connectivity index (χ0v) is 28.2. The van der Waals surface area contributed by atoms with Gasteiger partial charge in [0.15, 0.2) is 6.23 Å². The molecule has 2 aliphatic heterocycles. The Hall–Kier alpha value is -3.40. The number of nitrogens with zero attached hydrogens (tertiary/aromatic N) is 6. The summed E-state index contributed by atoms with van der Waals surface area (Å²) in [6, 6.07) is 7.91. The molecule has 0 saturated carbocycles. The maximum absolute atomic E-state index is 13.6. The molecule has 2 bridgehead atoms. The van der Waals surface area contributed by atoms with Crippen LogP contribution in [0.15, 0.2) is 41.3 Å². The molecule has 3 heterocycles. The number of likely N-dealkylation sites (tertiary alicyclic amines) is 1. The fourth-order valence-corrected chi connectivity index (χ4v) is 7.74. The molecule has 2 aromatic rings. The molecular weight excluding hydrogens is 597 g/mol. The summed E-state index contributed by atoms with van der Waals surface area (Å²) in [6.07, 6.45) is 0.559. The van der Waals surface area contributed by atoms with E-state index in [1.54, 1.807) is 56.4 Å².